The van der Waals surface area contributed by atoms with Gasteiger partial charge in [0.15, 0.2) is 0 Å². The van der Waals surface area contributed by atoms with Crippen molar-refractivity contribution in [3.8, 4) is 0 Å². The monoisotopic (exact) mass is 313 g/mol. The van der Waals surface area contributed by atoms with E-state index in [2.05, 4.69) is 26.1 Å². The number of benzene rings is 1. The lowest BCUT2D eigenvalue weighted by Gasteiger charge is -2.37. The van der Waals surface area contributed by atoms with Crippen molar-refractivity contribution in [2.75, 3.05) is 6.54 Å². The fourth-order valence-corrected chi connectivity index (χ4v) is 4.06. The largest absolute Gasteiger partial charge is 0.310 e. The highest BCUT2D eigenvalue weighted by atomic mass is 35.5. The molecule has 112 valence electrons. The standard InChI is InChI=1S/C17H25Cl2N/c1-4-20-17(13-9-8-11(2)12(3)10-13)16-14(18)6-5-7-15(16)19/h5-7,11-13,17,20H,4,8-10H2,1-3H3. The lowest BCUT2D eigenvalue weighted by molar-refractivity contribution is 0.172. The van der Waals surface area contributed by atoms with Gasteiger partial charge in [0.05, 0.1) is 0 Å². The Labute approximate surface area is 133 Å². The average Bonchev–Trinajstić information content (AvgIpc) is 2.41. The van der Waals surface area contributed by atoms with Crippen LogP contribution in [0.4, 0.5) is 0 Å². The second kappa shape index (κ2) is 7.15. The van der Waals surface area contributed by atoms with Crippen LogP contribution in [0.1, 0.15) is 51.6 Å². The SMILES string of the molecule is CCNC(c1c(Cl)cccc1Cl)C1CCC(C)C(C)C1. The van der Waals surface area contributed by atoms with Gasteiger partial charge in [-0.15, -0.1) is 0 Å². The molecule has 0 heterocycles. The van der Waals surface area contributed by atoms with Crippen molar-refractivity contribution < 1.29 is 0 Å². The molecule has 2 rings (SSSR count). The van der Waals surface area contributed by atoms with Gasteiger partial charge in [0.1, 0.15) is 0 Å². The first kappa shape index (κ1) is 16.1. The van der Waals surface area contributed by atoms with Gasteiger partial charge in [-0.3, -0.25) is 0 Å². The van der Waals surface area contributed by atoms with Crippen molar-refractivity contribution in [1.82, 2.24) is 5.32 Å². The second-order valence-corrected chi connectivity index (χ2v) is 7.01. The van der Waals surface area contributed by atoms with Gasteiger partial charge in [0, 0.05) is 21.7 Å². The molecule has 1 aromatic carbocycles. The van der Waals surface area contributed by atoms with Crippen LogP contribution in [-0.2, 0) is 0 Å². The quantitative estimate of drug-likeness (QED) is 0.750. The van der Waals surface area contributed by atoms with E-state index in [0.717, 1.165) is 34.0 Å². The van der Waals surface area contributed by atoms with Gasteiger partial charge in [-0.05, 0) is 49.3 Å². The Balaban J connectivity index is 2.27. The molecule has 1 N–H and O–H groups in total. The van der Waals surface area contributed by atoms with Crippen LogP contribution in [0.15, 0.2) is 18.2 Å². The maximum Gasteiger partial charge on any atom is 0.0468 e. The van der Waals surface area contributed by atoms with E-state index in [-0.39, 0.29) is 6.04 Å². The van der Waals surface area contributed by atoms with Crippen LogP contribution >= 0.6 is 23.2 Å². The number of rotatable bonds is 4. The summed E-state index contributed by atoms with van der Waals surface area (Å²) in [6, 6.07) is 6.09. The van der Waals surface area contributed by atoms with Crippen molar-refractivity contribution in [3.05, 3.63) is 33.8 Å². The van der Waals surface area contributed by atoms with Crippen LogP contribution in [-0.4, -0.2) is 6.54 Å². The van der Waals surface area contributed by atoms with Gasteiger partial charge in [-0.25, -0.2) is 0 Å². The molecule has 0 spiro atoms. The maximum atomic E-state index is 6.42. The van der Waals surface area contributed by atoms with Gasteiger partial charge in [-0.1, -0.05) is 56.5 Å². The number of hydrogen-bond acceptors (Lipinski definition) is 1. The Hall–Kier alpha value is -0.240. The van der Waals surface area contributed by atoms with Gasteiger partial charge in [-0.2, -0.15) is 0 Å². The average molecular weight is 314 g/mol. The predicted octanol–water partition coefficient (Wildman–Crippen LogP) is 5.72. The summed E-state index contributed by atoms with van der Waals surface area (Å²) in [4.78, 5) is 0. The van der Waals surface area contributed by atoms with Crippen LogP contribution in [0.25, 0.3) is 0 Å². The lowest BCUT2D eigenvalue weighted by atomic mass is 9.72. The van der Waals surface area contributed by atoms with E-state index in [9.17, 15) is 0 Å². The van der Waals surface area contributed by atoms with Crippen molar-refractivity contribution >= 4 is 23.2 Å². The van der Waals surface area contributed by atoms with Crippen LogP contribution in [0, 0.1) is 17.8 Å². The van der Waals surface area contributed by atoms with E-state index in [1.165, 1.54) is 19.3 Å². The zero-order valence-electron chi connectivity index (χ0n) is 12.6. The smallest absolute Gasteiger partial charge is 0.0468 e. The summed E-state index contributed by atoms with van der Waals surface area (Å²) >= 11 is 12.8. The first-order chi connectivity index (χ1) is 9.54. The van der Waals surface area contributed by atoms with Crippen LogP contribution < -0.4 is 5.32 Å². The summed E-state index contributed by atoms with van der Waals surface area (Å²) in [5, 5.41) is 5.19. The Bertz CT molecular complexity index is 426. The highest BCUT2D eigenvalue weighted by Crippen LogP contribution is 2.43. The Morgan fingerprint density at radius 1 is 1.15 bits per heavy atom. The zero-order chi connectivity index (χ0) is 14.7. The number of halogens is 2. The van der Waals surface area contributed by atoms with Crippen molar-refractivity contribution in [2.45, 2.75) is 46.1 Å². The minimum absolute atomic E-state index is 0.274. The summed E-state index contributed by atoms with van der Waals surface area (Å²) in [5.74, 6) is 2.23. The van der Waals surface area contributed by atoms with Gasteiger partial charge < -0.3 is 5.32 Å². The fraction of sp³-hybridized carbons (Fsp3) is 0.647. The predicted molar refractivity (Wildman–Crippen MR) is 88.5 cm³/mol. The minimum atomic E-state index is 0.274. The molecule has 0 aromatic heterocycles. The molecule has 1 nitrogen and oxygen atoms in total. The van der Waals surface area contributed by atoms with Gasteiger partial charge in [0.2, 0.25) is 0 Å². The van der Waals surface area contributed by atoms with Crippen molar-refractivity contribution in [3.63, 3.8) is 0 Å². The van der Waals surface area contributed by atoms with Crippen LogP contribution in [0.5, 0.6) is 0 Å². The van der Waals surface area contributed by atoms with E-state index in [0.29, 0.717) is 5.92 Å². The summed E-state index contributed by atoms with van der Waals surface area (Å²) in [7, 11) is 0. The third-order valence-electron chi connectivity index (χ3n) is 4.84. The third-order valence-corrected chi connectivity index (χ3v) is 5.50. The van der Waals surface area contributed by atoms with E-state index >= 15 is 0 Å². The molecule has 0 saturated heterocycles. The normalized spacial score (nSPS) is 28.4. The first-order valence-electron chi connectivity index (χ1n) is 7.71. The molecule has 4 atom stereocenters. The van der Waals surface area contributed by atoms with E-state index in [4.69, 9.17) is 23.2 Å². The molecule has 1 aliphatic rings. The molecule has 20 heavy (non-hydrogen) atoms. The van der Waals surface area contributed by atoms with Gasteiger partial charge in [0.25, 0.3) is 0 Å². The number of nitrogens with one attached hydrogen (secondary N) is 1. The Morgan fingerprint density at radius 3 is 2.35 bits per heavy atom. The molecule has 1 saturated carbocycles. The summed E-state index contributed by atoms with van der Waals surface area (Å²) < 4.78 is 0. The second-order valence-electron chi connectivity index (χ2n) is 6.20. The van der Waals surface area contributed by atoms with E-state index in [1.807, 2.05) is 18.2 Å². The molecule has 1 fully saturated rings. The van der Waals surface area contributed by atoms with Gasteiger partial charge >= 0.3 is 0 Å². The lowest BCUT2D eigenvalue weighted by Crippen LogP contribution is -2.33. The third kappa shape index (κ3) is 3.50. The Kier molecular flexibility index (Phi) is 5.77. The maximum absolute atomic E-state index is 6.42. The molecule has 3 heteroatoms. The molecule has 1 aliphatic carbocycles. The molecule has 0 amide bonds. The summed E-state index contributed by atoms with van der Waals surface area (Å²) in [6.07, 6.45) is 3.81. The highest BCUT2D eigenvalue weighted by Gasteiger charge is 2.32. The fourth-order valence-electron chi connectivity index (χ4n) is 3.42. The molecule has 0 aliphatic heterocycles. The molecule has 1 aromatic rings. The molecule has 0 radical (unpaired) electrons. The molecule has 0 bridgehead atoms. The molecule has 4 unspecified atom stereocenters. The van der Waals surface area contributed by atoms with Crippen molar-refractivity contribution in [2.24, 2.45) is 17.8 Å². The topological polar surface area (TPSA) is 12.0 Å². The minimum Gasteiger partial charge on any atom is -0.310 e. The van der Waals surface area contributed by atoms with E-state index < -0.39 is 0 Å². The van der Waals surface area contributed by atoms with Crippen LogP contribution in [0.3, 0.4) is 0 Å². The molecular formula is C17H25Cl2N. The first-order valence-corrected chi connectivity index (χ1v) is 8.47. The van der Waals surface area contributed by atoms with Crippen molar-refractivity contribution in [1.29, 1.82) is 0 Å². The summed E-state index contributed by atoms with van der Waals surface area (Å²) in [5.41, 5.74) is 1.09. The zero-order valence-corrected chi connectivity index (χ0v) is 14.1. The summed E-state index contributed by atoms with van der Waals surface area (Å²) in [6.45, 7) is 7.82. The molecular weight excluding hydrogens is 289 g/mol. The highest BCUT2D eigenvalue weighted by molar-refractivity contribution is 6.36. The number of hydrogen-bond donors (Lipinski definition) is 1. The van der Waals surface area contributed by atoms with Crippen LogP contribution in [0.2, 0.25) is 10.0 Å². The Morgan fingerprint density at radius 2 is 1.80 bits per heavy atom. The van der Waals surface area contributed by atoms with E-state index in [1.54, 1.807) is 0 Å².